The van der Waals surface area contributed by atoms with Gasteiger partial charge in [-0.15, -0.1) is 12.4 Å². The lowest BCUT2D eigenvalue weighted by molar-refractivity contribution is 0.0962. The summed E-state index contributed by atoms with van der Waals surface area (Å²) in [6, 6.07) is 7.73. The van der Waals surface area contributed by atoms with Gasteiger partial charge in [-0.2, -0.15) is 5.10 Å². The number of halogens is 1. The first-order valence-corrected chi connectivity index (χ1v) is 9.46. The van der Waals surface area contributed by atoms with Crippen LogP contribution in [-0.4, -0.2) is 68.1 Å². The lowest BCUT2D eigenvalue weighted by Crippen LogP contribution is -2.47. The van der Waals surface area contributed by atoms with Crippen LogP contribution in [0.5, 0.6) is 0 Å². The minimum atomic E-state index is 0. The number of aromatic nitrogens is 5. The third kappa shape index (κ3) is 4.78. The molecule has 9 heteroatoms. The largest absolute Gasteiger partial charge is 0.354 e. The molecular weight excluding hydrogens is 390 g/mol. The fourth-order valence-corrected chi connectivity index (χ4v) is 3.42. The molecular formula is C20H24ClN7O. The van der Waals surface area contributed by atoms with Gasteiger partial charge in [0.2, 0.25) is 0 Å². The second kappa shape index (κ2) is 9.58. The zero-order chi connectivity index (χ0) is 19.3. The molecule has 0 atom stereocenters. The SMILES string of the molecule is Cc1c(C(=O)CCN2CCN(c3ccccn3)CC2)cnn1-c1ncccn1.Cl. The second-order valence-corrected chi connectivity index (χ2v) is 6.79. The van der Waals surface area contributed by atoms with Crippen molar-refractivity contribution < 1.29 is 4.79 Å². The maximum atomic E-state index is 12.7. The monoisotopic (exact) mass is 413 g/mol. The Morgan fingerprint density at radius 3 is 2.41 bits per heavy atom. The van der Waals surface area contributed by atoms with Gasteiger partial charge in [-0.1, -0.05) is 6.07 Å². The van der Waals surface area contributed by atoms with Crippen molar-refractivity contribution in [2.75, 3.05) is 37.6 Å². The van der Waals surface area contributed by atoms with Crippen molar-refractivity contribution in [2.45, 2.75) is 13.3 Å². The van der Waals surface area contributed by atoms with Crippen LogP contribution in [0, 0.1) is 6.92 Å². The van der Waals surface area contributed by atoms with Gasteiger partial charge >= 0.3 is 0 Å². The Hall–Kier alpha value is -2.84. The standard InChI is InChI=1S/C20H23N7O.ClH/c1-16-17(15-24-27(16)20-22-8-4-9-23-20)18(28)6-10-25-11-13-26(14-12-25)19-5-2-3-7-21-19;/h2-5,7-9,15H,6,10-14H2,1H3;1H. The molecule has 1 aliphatic rings. The summed E-state index contributed by atoms with van der Waals surface area (Å²) in [7, 11) is 0. The molecule has 0 saturated carbocycles. The Bertz CT molecular complexity index is 925. The van der Waals surface area contributed by atoms with Crippen LogP contribution in [0.1, 0.15) is 22.5 Å². The summed E-state index contributed by atoms with van der Waals surface area (Å²) in [5.74, 6) is 1.60. The van der Waals surface area contributed by atoms with E-state index in [2.05, 4.69) is 29.9 Å². The Kier molecular flexibility index (Phi) is 6.90. The molecule has 0 radical (unpaired) electrons. The van der Waals surface area contributed by atoms with E-state index in [1.54, 1.807) is 29.3 Å². The summed E-state index contributed by atoms with van der Waals surface area (Å²) >= 11 is 0. The molecule has 1 aliphatic heterocycles. The fourth-order valence-electron chi connectivity index (χ4n) is 3.42. The molecule has 4 heterocycles. The summed E-state index contributed by atoms with van der Waals surface area (Å²) in [6.45, 7) is 6.34. The van der Waals surface area contributed by atoms with Gasteiger partial charge in [0.1, 0.15) is 5.82 Å². The zero-order valence-electron chi connectivity index (χ0n) is 16.3. The van der Waals surface area contributed by atoms with E-state index in [1.807, 2.05) is 31.3 Å². The molecule has 0 bridgehead atoms. The lowest BCUT2D eigenvalue weighted by Gasteiger charge is -2.35. The van der Waals surface area contributed by atoms with Crippen molar-refractivity contribution in [3.8, 4) is 5.95 Å². The van der Waals surface area contributed by atoms with Crippen LogP contribution < -0.4 is 4.90 Å². The smallest absolute Gasteiger partial charge is 0.250 e. The predicted molar refractivity (Wildman–Crippen MR) is 113 cm³/mol. The Balaban J connectivity index is 0.00000240. The van der Waals surface area contributed by atoms with Gasteiger partial charge in [0.15, 0.2) is 5.78 Å². The number of hydrogen-bond acceptors (Lipinski definition) is 7. The van der Waals surface area contributed by atoms with Crippen LogP contribution in [-0.2, 0) is 0 Å². The van der Waals surface area contributed by atoms with Crippen molar-refractivity contribution in [3.05, 3.63) is 60.3 Å². The molecule has 0 amide bonds. The van der Waals surface area contributed by atoms with Crippen LogP contribution in [0.15, 0.2) is 49.1 Å². The number of carbonyl (C=O) groups is 1. The molecule has 152 valence electrons. The van der Waals surface area contributed by atoms with Crippen molar-refractivity contribution in [3.63, 3.8) is 0 Å². The summed E-state index contributed by atoms with van der Waals surface area (Å²) in [6.07, 6.45) is 7.24. The van der Waals surface area contributed by atoms with Crippen molar-refractivity contribution in [1.82, 2.24) is 29.6 Å². The highest BCUT2D eigenvalue weighted by Gasteiger charge is 2.20. The zero-order valence-corrected chi connectivity index (χ0v) is 17.1. The second-order valence-electron chi connectivity index (χ2n) is 6.79. The van der Waals surface area contributed by atoms with Gasteiger partial charge in [-0.25, -0.2) is 19.6 Å². The molecule has 3 aromatic rings. The van der Waals surface area contributed by atoms with E-state index in [9.17, 15) is 4.79 Å². The molecule has 1 fully saturated rings. The van der Waals surface area contributed by atoms with Crippen molar-refractivity contribution >= 4 is 24.0 Å². The predicted octanol–water partition coefficient (Wildman–Crippen LogP) is 2.18. The Labute approximate surface area is 176 Å². The van der Waals surface area contributed by atoms with Crippen LogP contribution >= 0.6 is 12.4 Å². The van der Waals surface area contributed by atoms with Crippen LogP contribution in [0.2, 0.25) is 0 Å². The number of carbonyl (C=O) groups excluding carboxylic acids is 1. The third-order valence-electron chi connectivity index (χ3n) is 5.05. The van der Waals surface area contributed by atoms with Gasteiger partial charge < -0.3 is 4.90 Å². The number of hydrogen-bond donors (Lipinski definition) is 0. The minimum Gasteiger partial charge on any atom is -0.354 e. The minimum absolute atomic E-state index is 0. The molecule has 1 saturated heterocycles. The van der Waals surface area contributed by atoms with Crippen molar-refractivity contribution in [2.24, 2.45) is 0 Å². The number of anilines is 1. The van der Waals surface area contributed by atoms with E-state index in [4.69, 9.17) is 0 Å². The molecule has 3 aromatic heterocycles. The average molecular weight is 414 g/mol. The Morgan fingerprint density at radius 1 is 1.00 bits per heavy atom. The molecule has 29 heavy (non-hydrogen) atoms. The van der Waals surface area contributed by atoms with E-state index >= 15 is 0 Å². The fraction of sp³-hybridized carbons (Fsp3) is 0.350. The van der Waals surface area contributed by atoms with Gasteiger partial charge in [0.25, 0.3) is 5.95 Å². The molecule has 0 aromatic carbocycles. The topological polar surface area (TPSA) is 80.0 Å². The van der Waals surface area contributed by atoms with Gasteiger partial charge in [-0.05, 0) is 25.1 Å². The number of nitrogens with zero attached hydrogens (tertiary/aromatic N) is 7. The van der Waals surface area contributed by atoms with Crippen LogP contribution in [0.4, 0.5) is 5.82 Å². The first-order valence-electron chi connectivity index (χ1n) is 9.46. The number of Topliss-reactive ketones (excluding diaryl/α,β-unsaturated/α-hetero) is 1. The van der Waals surface area contributed by atoms with E-state index in [0.29, 0.717) is 17.9 Å². The molecule has 0 N–H and O–H groups in total. The quantitative estimate of drug-likeness (QED) is 0.573. The summed E-state index contributed by atoms with van der Waals surface area (Å²) in [5, 5.41) is 4.29. The molecule has 0 aliphatic carbocycles. The molecule has 8 nitrogen and oxygen atoms in total. The van der Waals surface area contributed by atoms with Gasteiger partial charge in [-0.3, -0.25) is 9.69 Å². The summed E-state index contributed by atoms with van der Waals surface area (Å²) < 4.78 is 1.61. The first kappa shape index (κ1) is 20.9. The van der Waals surface area contributed by atoms with E-state index in [-0.39, 0.29) is 18.2 Å². The summed E-state index contributed by atoms with van der Waals surface area (Å²) in [4.78, 5) is 30.1. The number of ketones is 1. The maximum absolute atomic E-state index is 12.7. The number of piperazine rings is 1. The normalized spacial score (nSPS) is 14.4. The highest BCUT2D eigenvalue weighted by Crippen LogP contribution is 2.15. The molecule has 0 spiro atoms. The number of rotatable bonds is 6. The number of pyridine rings is 1. The highest BCUT2D eigenvalue weighted by atomic mass is 35.5. The van der Waals surface area contributed by atoms with Crippen LogP contribution in [0.25, 0.3) is 5.95 Å². The van der Waals surface area contributed by atoms with E-state index in [1.165, 1.54) is 0 Å². The average Bonchev–Trinajstić information content (AvgIpc) is 3.15. The van der Waals surface area contributed by atoms with Gasteiger partial charge in [0, 0.05) is 57.7 Å². The Morgan fingerprint density at radius 2 is 1.72 bits per heavy atom. The van der Waals surface area contributed by atoms with E-state index in [0.717, 1.165) is 44.2 Å². The molecule has 0 unspecified atom stereocenters. The van der Waals surface area contributed by atoms with E-state index < -0.39 is 0 Å². The van der Waals surface area contributed by atoms with Crippen LogP contribution in [0.3, 0.4) is 0 Å². The summed E-state index contributed by atoms with van der Waals surface area (Å²) in [5.41, 5.74) is 1.41. The van der Waals surface area contributed by atoms with Gasteiger partial charge in [0.05, 0.1) is 17.5 Å². The maximum Gasteiger partial charge on any atom is 0.250 e. The first-order chi connectivity index (χ1) is 13.7. The van der Waals surface area contributed by atoms with Crippen molar-refractivity contribution in [1.29, 1.82) is 0 Å². The molecule has 4 rings (SSSR count). The lowest BCUT2D eigenvalue weighted by atomic mass is 10.1. The third-order valence-corrected chi connectivity index (χ3v) is 5.05. The highest BCUT2D eigenvalue weighted by molar-refractivity contribution is 5.97.